The summed E-state index contributed by atoms with van der Waals surface area (Å²) in [5, 5.41) is 3.58. The van der Waals surface area contributed by atoms with Gasteiger partial charge in [-0.15, -0.1) is 0 Å². The summed E-state index contributed by atoms with van der Waals surface area (Å²) < 4.78 is 5.23. The van der Waals surface area contributed by atoms with E-state index < -0.39 is 0 Å². The molecule has 0 radical (unpaired) electrons. The van der Waals surface area contributed by atoms with Crippen molar-refractivity contribution in [3.63, 3.8) is 0 Å². The molecule has 2 aromatic carbocycles. The van der Waals surface area contributed by atoms with Crippen LogP contribution in [-0.2, 0) is 0 Å². The van der Waals surface area contributed by atoms with Crippen LogP contribution in [0.15, 0.2) is 67.1 Å². The first-order valence-electron chi connectivity index (χ1n) is 9.78. The summed E-state index contributed by atoms with van der Waals surface area (Å²) in [6.07, 6.45) is 4.67. The molecule has 0 aliphatic carbocycles. The quantitative estimate of drug-likeness (QED) is 0.747. The summed E-state index contributed by atoms with van der Waals surface area (Å²) in [6.45, 7) is 1.38. The molecule has 3 aliphatic rings. The molecule has 2 bridgehead atoms. The van der Waals surface area contributed by atoms with Gasteiger partial charge in [0.25, 0.3) is 5.91 Å². The highest BCUT2D eigenvalue weighted by Crippen LogP contribution is 2.38. The van der Waals surface area contributed by atoms with Crippen molar-refractivity contribution in [2.45, 2.75) is 18.0 Å². The normalized spacial score (nSPS) is 22.7. The standard InChI is InChI=1S/C23H22N4O2/c1-29-18-8-6-16(7-9-18)15-2-4-17(5-3-15)22-20-13-27(14-21(22)26-20)23(28)19-12-24-10-11-25-19/h2-12,20-22,26H,13-14H2,1H3/t20-,21+,22?. The smallest absolute Gasteiger partial charge is 0.274 e. The van der Waals surface area contributed by atoms with Crippen LogP contribution in [0, 0.1) is 0 Å². The van der Waals surface area contributed by atoms with Crippen molar-refractivity contribution in [1.29, 1.82) is 0 Å². The van der Waals surface area contributed by atoms with Gasteiger partial charge in [-0.05, 0) is 28.8 Å². The minimum Gasteiger partial charge on any atom is -0.497 e. The first-order valence-corrected chi connectivity index (χ1v) is 9.78. The van der Waals surface area contributed by atoms with Crippen LogP contribution >= 0.6 is 0 Å². The maximum Gasteiger partial charge on any atom is 0.274 e. The molecule has 3 atom stereocenters. The van der Waals surface area contributed by atoms with Gasteiger partial charge in [-0.25, -0.2) is 4.98 Å². The van der Waals surface area contributed by atoms with Crippen molar-refractivity contribution in [2.75, 3.05) is 20.2 Å². The van der Waals surface area contributed by atoms with E-state index in [1.807, 2.05) is 17.0 Å². The monoisotopic (exact) mass is 386 g/mol. The lowest BCUT2D eigenvalue weighted by Crippen LogP contribution is -2.72. The van der Waals surface area contributed by atoms with Crippen LogP contribution in [0.4, 0.5) is 0 Å². The SMILES string of the molecule is COc1ccc(-c2ccc(C3[C@@H]4CN(C(=O)c5cnccn5)C[C@H]3N4)cc2)cc1. The maximum absolute atomic E-state index is 12.6. The second-order valence-electron chi connectivity index (χ2n) is 7.56. The van der Waals surface area contributed by atoms with Crippen molar-refractivity contribution in [3.8, 4) is 16.9 Å². The molecule has 146 valence electrons. The van der Waals surface area contributed by atoms with Gasteiger partial charge in [-0.1, -0.05) is 36.4 Å². The van der Waals surface area contributed by atoms with E-state index in [1.165, 1.54) is 22.9 Å². The van der Waals surface area contributed by atoms with Crippen molar-refractivity contribution < 1.29 is 9.53 Å². The zero-order valence-electron chi connectivity index (χ0n) is 16.2. The predicted molar refractivity (Wildman–Crippen MR) is 110 cm³/mol. The number of hydrogen-bond donors (Lipinski definition) is 1. The summed E-state index contributed by atoms with van der Waals surface area (Å²) in [7, 11) is 1.68. The fraction of sp³-hybridized carbons (Fsp3) is 0.261. The number of hydrogen-bond acceptors (Lipinski definition) is 5. The lowest BCUT2D eigenvalue weighted by molar-refractivity contribution is 0.0362. The average molecular weight is 386 g/mol. The summed E-state index contributed by atoms with van der Waals surface area (Å²) in [6, 6.07) is 17.4. The lowest BCUT2D eigenvalue weighted by atomic mass is 9.74. The van der Waals surface area contributed by atoms with Gasteiger partial charge in [0.15, 0.2) is 0 Å². The Labute approximate surface area is 169 Å². The zero-order valence-corrected chi connectivity index (χ0v) is 16.2. The van der Waals surface area contributed by atoms with Crippen LogP contribution in [0.3, 0.4) is 0 Å². The van der Waals surface area contributed by atoms with Gasteiger partial charge in [0, 0.05) is 43.5 Å². The topological polar surface area (TPSA) is 67.3 Å². The molecule has 3 aromatic rings. The number of fused-ring (bicyclic) bond motifs is 2. The Hall–Kier alpha value is -3.25. The second kappa shape index (κ2) is 7.29. The lowest BCUT2D eigenvalue weighted by Gasteiger charge is -2.54. The van der Waals surface area contributed by atoms with E-state index in [-0.39, 0.29) is 18.0 Å². The number of carbonyl (C=O) groups is 1. The molecular formula is C23H22N4O2. The summed E-state index contributed by atoms with van der Waals surface area (Å²) in [5.74, 6) is 1.26. The molecule has 1 unspecified atom stereocenters. The number of rotatable bonds is 4. The number of methoxy groups -OCH3 is 1. The van der Waals surface area contributed by atoms with E-state index in [4.69, 9.17) is 4.74 Å². The number of piperazine rings is 1. The van der Waals surface area contributed by atoms with Gasteiger partial charge >= 0.3 is 0 Å². The summed E-state index contributed by atoms with van der Waals surface area (Å²) >= 11 is 0. The molecule has 6 rings (SSSR count). The largest absolute Gasteiger partial charge is 0.497 e. The van der Waals surface area contributed by atoms with Gasteiger partial charge < -0.3 is 15.0 Å². The number of aromatic nitrogens is 2. The fourth-order valence-corrected chi connectivity index (χ4v) is 4.41. The van der Waals surface area contributed by atoms with Crippen LogP contribution in [0.25, 0.3) is 11.1 Å². The Morgan fingerprint density at radius 3 is 2.24 bits per heavy atom. The third-order valence-electron chi connectivity index (χ3n) is 5.92. The molecule has 4 heterocycles. The van der Waals surface area contributed by atoms with Crippen LogP contribution in [0.2, 0.25) is 0 Å². The molecule has 6 heteroatoms. The zero-order chi connectivity index (χ0) is 19.8. The molecule has 1 amide bonds. The van der Waals surface area contributed by atoms with Gasteiger partial charge in [0.05, 0.1) is 13.3 Å². The highest BCUT2D eigenvalue weighted by atomic mass is 16.5. The highest BCUT2D eigenvalue weighted by molar-refractivity contribution is 5.92. The third-order valence-corrected chi connectivity index (χ3v) is 5.92. The van der Waals surface area contributed by atoms with E-state index in [2.05, 4.69) is 51.7 Å². The number of nitrogens with zero attached hydrogens (tertiary/aromatic N) is 3. The van der Waals surface area contributed by atoms with Crippen molar-refractivity contribution >= 4 is 5.91 Å². The van der Waals surface area contributed by atoms with Gasteiger partial charge in [-0.3, -0.25) is 9.78 Å². The second-order valence-corrected chi connectivity index (χ2v) is 7.56. The summed E-state index contributed by atoms with van der Waals surface area (Å²) in [4.78, 5) is 22.7. The molecule has 0 spiro atoms. The first-order chi connectivity index (χ1) is 14.2. The predicted octanol–water partition coefficient (Wildman–Crippen LogP) is 2.73. The third kappa shape index (κ3) is 3.25. The molecule has 1 aromatic heterocycles. The van der Waals surface area contributed by atoms with E-state index in [1.54, 1.807) is 19.5 Å². The first kappa shape index (κ1) is 17.8. The van der Waals surface area contributed by atoms with Gasteiger partial charge in [0.2, 0.25) is 0 Å². The van der Waals surface area contributed by atoms with Crippen LogP contribution < -0.4 is 10.1 Å². The van der Waals surface area contributed by atoms with Crippen molar-refractivity contribution in [1.82, 2.24) is 20.2 Å². The van der Waals surface area contributed by atoms with E-state index in [0.29, 0.717) is 24.7 Å². The van der Waals surface area contributed by atoms with Gasteiger partial charge in [-0.2, -0.15) is 0 Å². The minimum atomic E-state index is -0.0390. The number of amides is 1. The fourth-order valence-electron chi connectivity index (χ4n) is 4.41. The number of carbonyl (C=O) groups excluding carboxylic acids is 1. The van der Waals surface area contributed by atoms with Crippen LogP contribution in [0.5, 0.6) is 5.75 Å². The molecule has 3 fully saturated rings. The number of ether oxygens (including phenoxy) is 1. The molecule has 0 saturated carbocycles. The Kier molecular flexibility index (Phi) is 4.48. The highest BCUT2D eigenvalue weighted by Gasteiger charge is 2.48. The average Bonchev–Trinajstić information content (AvgIpc) is 2.80. The molecule has 3 aliphatic heterocycles. The van der Waals surface area contributed by atoms with Gasteiger partial charge in [0.1, 0.15) is 11.4 Å². The van der Waals surface area contributed by atoms with Crippen molar-refractivity contribution in [2.24, 2.45) is 0 Å². The number of benzene rings is 2. The Morgan fingerprint density at radius 2 is 1.66 bits per heavy atom. The maximum atomic E-state index is 12.6. The molecule has 3 saturated heterocycles. The Bertz CT molecular complexity index is 993. The Balaban J connectivity index is 1.28. The van der Waals surface area contributed by atoms with E-state index in [9.17, 15) is 4.79 Å². The van der Waals surface area contributed by atoms with Crippen molar-refractivity contribution in [3.05, 3.63) is 78.4 Å². The molecule has 29 heavy (non-hydrogen) atoms. The van der Waals surface area contributed by atoms with Crippen LogP contribution in [-0.4, -0.2) is 53.1 Å². The molecular weight excluding hydrogens is 364 g/mol. The van der Waals surface area contributed by atoms with E-state index >= 15 is 0 Å². The molecule has 6 nitrogen and oxygen atoms in total. The number of nitrogens with one attached hydrogen (secondary N) is 1. The van der Waals surface area contributed by atoms with E-state index in [0.717, 1.165) is 5.75 Å². The minimum absolute atomic E-state index is 0.0390. The summed E-state index contributed by atoms with van der Waals surface area (Å²) in [5.41, 5.74) is 4.09. The molecule has 1 N–H and O–H groups in total. The van der Waals surface area contributed by atoms with Crippen LogP contribution in [0.1, 0.15) is 22.0 Å². The number of piperidine rings is 1. The Morgan fingerprint density at radius 1 is 1.00 bits per heavy atom.